The summed E-state index contributed by atoms with van der Waals surface area (Å²) in [5.74, 6) is 0.435. The minimum Gasteiger partial charge on any atom is -0.374 e. The Hall–Kier alpha value is -1.45. The fourth-order valence-electron chi connectivity index (χ4n) is 4.44. The van der Waals surface area contributed by atoms with E-state index in [1.807, 2.05) is 6.92 Å². The van der Waals surface area contributed by atoms with Crippen LogP contribution in [0.2, 0.25) is 0 Å². The van der Waals surface area contributed by atoms with Gasteiger partial charge in [-0.3, -0.25) is 9.59 Å². The molecule has 0 saturated carbocycles. The maximum atomic E-state index is 12.2. The summed E-state index contributed by atoms with van der Waals surface area (Å²) in [6, 6.07) is 0. The number of rotatable bonds is 15. The number of hydrogen-bond acceptors (Lipinski definition) is 5. The zero-order chi connectivity index (χ0) is 22.7. The molecule has 8 nitrogen and oxygen atoms in total. The van der Waals surface area contributed by atoms with Gasteiger partial charge in [0, 0.05) is 25.9 Å². The topological polar surface area (TPSA) is 114 Å². The molecule has 31 heavy (non-hydrogen) atoms. The predicted molar refractivity (Wildman–Crippen MR) is 121 cm³/mol. The third-order valence-corrected chi connectivity index (χ3v) is 7.63. The second kappa shape index (κ2) is 13.2. The Morgan fingerprint density at radius 2 is 1.77 bits per heavy atom. The highest BCUT2D eigenvalue weighted by atomic mass is 32.2. The lowest BCUT2D eigenvalue weighted by Crippen LogP contribution is -2.42. The number of sulfonamides is 1. The summed E-state index contributed by atoms with van der Waals surface area (Å²) in [5, 5.41) is 5.52. The van der Waals surface area contributed by atoms with E-state index in [0.717, 1.165) is 44.9 Å². The monoisotopic (exact) mass is 457 g/mol. The summed E-state index contributed by atoms with van der Waals surface area (Å²) in [4.78, 5) is 23.4. The van der Waals surface area contributed by atoms with Gasteiger partial charge in [0.15, 0.2) is 0 Å². The van der Waals surface area contributed by atoms with Crippen molar-refractivity contribution in [3.8, 4) is 0 Å². The average Bonchev–Trinajstić information content (AvgIpc) is 3.35. The molecule has 2 heterocycles. The van der Waals surface area contributed by atoms with Crippen LogP contribution >= 0.6 is 0 Å². The van der Waals surface area contributed by atoms with Gasteiger partial charge in [-0.05, 0) is 44.4 Å². The van der Waals surface area contributed by atoms with Gasteiger partial charge >= 0.3 is 0 Å². The highest BCUT2D eigenvalue weighted by Gasteiger charge is 2.47. The van der Waals surface area contributed by atoms with Crippen molar-refractivity contribution < 1.29 is 22.7 Å². The van der Waals surface area contributed by atoms with Crippen molar-refractivity contribution in [3.63, 3.8) is 0 Å². The summed E-state index contributed by atoms with van der Waals surface area (Å²) < 4.78 is 32.3. The average molecular weight is 458 g/mol. The fraction of sp³-hybridized carbons (Fsp3) is 0.818. The molecule has 2 amide bonds. The Kier molecular flexibility index (Phi) is 11.0. The molecular formula is C22H39N3O5S. The molecule has 4 atom stereocenters. The first-order valence-corrected chi connectivity index (χ1v) is 13.3. The standard InChI is InChI=1S/C22H39N3O5S/c1-3-4-9-14-31(28,29)25-16-22(27)24-15-18-17(19-12-13-20(18)30-19)10-7-5-6-8-11-21(26)23-2/h5,7,17-20,25H,3-4,6,8-16H2,1-2H3,(H,23,26)(H,24,27)/t17-,18+,19-,20+/m0/s1. The first kappa shape index (κ1) is 25.8. The van der Waals surface area contributed by atoms with Gasteiger partial charge < -0.3 is 15.4 Å². The maximum Gasteiger partial charge on any atom is 0.235 e. The van der Waals surface area contributed by atoms with E-state index in [2.05, 4.69) is 27.5 Å². The van der Waals surface area contributed by atoms with Crippen molar-refractivity contribution in [2.75, 3.05) is 25.9 Å². The van der Waals surface area contributed by atoms with E-state index in [0.29, 0.717) is 25.3 Å². The van der Waals surface area contributed by atoms with Crippen LogP contribution in [0.15, 0.2) is 12.2 Å². The molecule has 2 rings (SSSR count). The number of carbonyl (C=O) groups excluding carboxylic acids is 2. The molecule has 0 aromatic carbocycles. The molecule has 0 aromatic rings. The van der Waals surface area contributed by atoms with Crippen LogP contribution in [-0.2, 0) is 24.3 Å². The predicted octanol–water partition coefficient (Wildman–Crippen LogP) is 1.87. The van der Waals surface area contributed by atoms with Crippen LogP contribution in [0.5, 0.6) is 0 Å². The number of fused-ring (bicyclic) bond motifs is 2. The number of amides is 2. The first-order valence-electron chi connectivity index (χ1n) is 11.6. The van der Waals surface area contributed by atoms with Gasteiger partial charge in [0.1, 0.15) is 0 Å². The fourth-order valence-corrected chi connectivity index (χ4v) is 5.52. The van der Waals surface area contributed by atoms with Crippen LogP contribution < -0.4 is 15.4 Å². The minimum absolute atomic E-state index is 0.0614. The molecule has 178 valence electrons. The van der Waals surface area contributed by atoms with Crippen LogP contribution in [0.3, 0.4) is 0 Å². The van der Waals surface area contributed by atoms with Gasteiger partial charge in [0.25, 0.3) is 0 Å². The summed E-state index contributed by atoms with van der Waals surface area (Å²) in [5.41, 5.74) is 0. The highest BCUT2D eigenvalue weighted by molar-refractivity contribution is 7.89. The van der Waals surface area contributed by atoms with E-state index < -0.39 is 10.0 Å². The van der Waals surface area contributed by atoms with Crippen molar-refractivity contribution in [2.45, 2.75) is 76.9 Å². The highest BCUT2D eigenvalue weighted by Crippen LogP contribution is 2.44. The van der Waals surface area contributed by atoms with Crippen LogP contribution in [-0.4, -0.2) is 58.3 Å². The van der Waals surface area contributed by atoms with E-state index in [1.165, 1.54) is 0 Å². The largest absolute Gasteiger partial charge is 0.374 e. The molecule has 0 radical (unpaired) electrons. The van der Waals surface area contributed by atoms with Gasteiger partial charge in [-0.15, -0.1) is 0 Å². The Balaban J connectivity index is 1.71. The van der Waals surface area contributed by atoms with Crippen molar-refractivity contribution in [1.29, 1.82) is 0 Å². The molecule has 2 aliphatic rings. The molecule has 0 aromatic heterocycles. The molecule has 2 fully saturated rings. The minimum atomic E-state index is -3.40. The van der Waals surface area contributed by atoms with E-state index >= 15 is 0 Å². The van der Waals surface area contributed by atoms with Gasteiger partial charge in [-0.1, -0.05) is 31.9 Å². The Morgan fingerprint density at radius 3 is 2.48 bits per heavy atom. The number of nitrogens with one attached hydrogen (secondary N) is 3. The lowest BCUT2D eigenvalue weighted by molar-refractivity contribution is -0.121. The number of allylic oxidation sites excluding steroid dienone is 2. The molecule has 0 spiro atoms. The van der Waals surface area contributed by atoms with E-state index in [9.17, 15) is 18.0 Å². The molecular weight excluding hydrogens is 418 g/mol. The molecule has 2 aliphatic heterocycles. The van der Waals surface area contributed by atoms with Crippen molar-refractivity contribution in [1.82, 2.24) is 15.4 Å². The molecule has 0 aliphatic carbocycles. The van der Waals surface area contributed by atoms with Gasteiger partial charge in [-0.2, -0.15) is 0 Å². The van der Waals surface area contributed by atoms with Crippen molar-refractivity contribution in [3.05, 3.63) is 12.2 Å². The molecule has 2 bridgehead atoms. The third kappa shape index (κ3) is 8.90. The lowest BCUT2D eigenvalue weighted by Gasteiger charge is -2.27. The van der Waals surface area contributed by atoms with Gasteiger partial charge in [-0.25, -0.2) is 13.1 Å². The second-order valence-corrected chi connectivity index (χ2v) is 10.5. The van der Waals surface area contributed by atoms with Crippen LogP contribution in [0, 0.1) is 11.8 Å². The summed E-state index contributed by atoms with van der Waals surface area (Å²) in [6.45, 7) is 2.31. The SMILES string of the molecule is CCCCCS(=O)(=O)NCC(=O)NC[C@@H]1[C@H](CC=CCCCC(=O)NC)[C@@H]2CC[C@H]1O2. The smallest absolute Gasteiger partial charge is 0.235 e. The zero-order valence-corrected chi connectivity index (χ0v) is 19.7. The number of ether oxygens (including phenoxy) is 1. The Bertz CT molecular complexity index is 710. The van der Waals surface area contributed by atoms with Gasteiger partial charge in [0.2, 0.25) is 21.8 Å². The molecule has 2 saturated heterocycles. The van der Waals surface area contributed by atoms with E-state index in [1.54, 1.807) is 7.05 Å². The zero-order valence-electron chi connectivity index (χ0n) is 18.9. The van der Waals surface area contributed by atoms with Crippen LogP contribution in [0.4, 0.5) is 0 Å². The second-order valence-electron chi connectivity index (χ2n) is 8.54. The number of unbranched alkanes of at least 4 members (excludes halogenated alkanes) is 3. The number of hydrogen-bond donors (Lipinski definition) is 3. The third-order valence-electron chi connectivity index (χ3n) is 6.22. The normalized spacial score (nSPS) is 25.2. The van der Waals surface area contributed by atoms with Crippen molar-refractivity contribution in [2.24, 2.45) is 11.8 Å². The molecule has 9 heteroatoms. The quantitative estimate of drug-likeness (QED) is 0.257. The van der Waals surface area contributed by atoms with Crippen LogP contribution in [0.1, 0.15) is 64.7 Å². The maximum absolute atomic E-state index is 12.2. The lowest BCUT2D eigenvalue weighted by atomic mass is 9.77. The van der Waals surface area contributed by atoms with E-state index in [-0.39, 0.29) is 42.2 Å². The van der Waals surface area contributed by atoms with Crippen LogP contribution in [0.25, 0.3) is 0 Å². The van der Waals surface area contributed by atoms with E-state index in [4.69, 9.17) is 4.74 Å². The van der Waals surface area contributed by atoms with Gasteiger partial charge in [0.05, 0.1) is 24.5 Å². The Labute approximate surface area is 187 Å². The summed E-state index contributed by atoms with van der Waals surface area (Å²) >= 11 is 0. The Morgan fingerprint density at radius 1 is 1.03 bits per heavy atom. The number of carbonyl (C=O) groups is 2. The summed E-state index contributed by atoms with van der Waals surface area (Å²) in [6.07, 6.45) is 12.3. The molecule has 3 N–H and O–H groups in total. The first-order chi connectivity index (χ1) is 14.9. The molecule has 0 unspecified atom stereocenters. The summed E-state index contributed by atoms with van der Waals surface area (Å²) in [7, 11) is -1.75. The van der Waals surface area contributed by atoms with Crippen molar-refractivity contribution >= 4 is 21.8 Å².